The molecule has 5 rings (SSSR count). The minimum absolute atomic E-state index is 0.522. The van der Waals surface area contributed by atoms with E-state index >= 15 is 0 Å². The molecule has 0 spiro atoms. The van der Waals surface area contributed by atoms with Gasteiger partial charge in [-0.2, -0.15) is 5.10 Å². The van der Waals surface area contributed by atoms with Crippen molar-refractivity contribution >= 4 is 37.3 Å². The Labute approximate surface area is 181 Å². The summed E-state index contributed by atoms with van der Waals surface area (Å²) in [6, 6.07) is 28.5. The van der Waals surface area contributed by atoms with E-state index in [9.17, 15) is 8.42 Å². The number of nitrogens with one attached hydrogen (secondary N) is 1. The smallest absolute Gasteiger partial charge is 0.229 e. The molecule has 5 nitrogen and oxygen atoms in total. The van der Waals surface area contributed by atoms with Crippen LogP contribution in [0.15, 0.2) is 84.9 Å². The zero-order valence-corrected chi connectivity index (χ0v) is 18.0. The van der Waals surface area contributed by atoms with E-state index in [0.29, 0.717) is 5.69 Å². The Kier molecular flexibility index (Phi) is 4.52. The van der Waals surface area contributed by atoms with E-state index in [1.807, 2.05) is 23.7 Å². The lowest BCUT2D eigenvalue weighted by molar-refractivity contribution is 0.607. The summed E-state index contributed by atoms with van der Waals surface area (Å²) in [5.41, 5.74) is 4.35. The minimum atomic E-state index is -3.31. The maximum atomic E-state index is 11.5. The molecule has 0 aliphatic carbocycles. The minimum Gasteiger partial charge on any atom is -0.284 e. The molecule has 0 amide bonds. The number of hydrogen-bond acceptors (Lipinski definition) is 3. The van der Waals surface area contributed by atoms with Crippen LogP contribution >= 0.6 is 0 Å². The normalized spacial score (nSPS) is 11.8. The second kappa shape index (κ2) is 7.25. The molecule has 0 bridgehead atoms. The van der Waals surface area contributed by atoms with Crippen molar-refractivity contribution < 1.29 is 8.42 Å². The molecule has 31 heavy (non-hydrogen) atoms. The molecule has 0 atom stereocenters. The van der Waals surface area contributed by atoms with Gasteiger partial charge < -0.3 is 0 Å². The van der Waals surface area contributed by atoms with Crippen LogP contribution in [0.2, 0.25) is 0 Å². The van der Waals surface area contributed by atoms with E-state index in [2.05, 4.69) is 70.5 Å². The topological polar surface area (TPSA) is 64.0 Å². The summed E-state index contributed by atoms with van der Waals surface area (Å²) in [5, 5.41) is 9.48. The van der Waals surface area contributed by atoms with Crippen molar-refractivity contribution in [1.29, 1.82) is 0 Å². The highest BCUT2D eigenvalue weighted by atomic mass is 32.2. The molecule has 1 N–H and O–H groups in total. The van der Waals surface area contributed by atoms with E-state index in [-0.39, 0.29) is 0 Å². The average molecular weight is 428 g/mol. The molecule has 0 aliphatic heterocycles. The van der Waals surface area contributed by atoms with Crippen LogP contribution in [-0.4, -0.2) is 24.5 Å². The van der Waals surface area contributed by atoms with Gasteiger partial charge in [0.25, 0.3) is 0 Å². The maximum absolute atomic E-state index is 11.5. The number of sulfonamides is 1. The average Bonchev–Trinajstić information content (AvgIpc) is 3.13. The van der Waals surface area contributed by atoms with E-state index < -0.39 is 10.0 Å². The van der Waals surface area contributed by atoms with Crippen LogP contribution in [0.3, 0.4) is 0 Å². The zero-order chi connectivity index (χ0) is 21.6. The van der Waals surface area contributed by atoms with Gasteiger partial charge in [0.15, 0.2) is 0 Å². The fourth-order valence-electron chi connectivity index (χ4n) is 3.89. The number of aryl methyl sites for hydroxylation is 1. The van der Waals surface area contributed by atoms with Gasteiger partial charge in [0.05, 0.1) is 23.3 Å². The second-order valence-electron chi connectivity index (χ2n) is 7.77. The third-order valence-electron chi connectivity index (χ3n) is 5.25. The number of nitrogens with zero attached hydrogens (tertiary/aromatic N) is 2. The molecule has 1 heterocycles. The first kappa shape index (κ1) is 19.3. The highest BCUT2D eigenvalue weighted by Gasteiger charge is 2.12. The van der Waals surface area contributed by atoms with Gasteiger partial charge in [0.2, 0.25) is 10.0 Å². The van der Waals surface area contributed by atoms with Crippen molar-refractivity contribution in [3.05, 3.63) is 90.6 Å². The fraction of sp³-hybridized carbons (Fsp3) is 0.0800. The van der Waals surface area contributed by atoms with Crippen LogP contribution < -0.4 is 4.72 Å². The van der Waals surface area contributed by atoms with Gasteiger partial charge in [-0.25, -0.2) is 13.1 Å². The number of anilines is 1. The van der Waals surface area contributed by atoms with Crippen LogP contribution in [0.1, 0.15) is 5.69 Å². The Morgan fingerprint density at radius 3 is 2.10 bits per heavy atom. The van der Waals surface area contributed by atoms with Crippen molar-refractivity contribution in [3.63, 3.8) is 0 Å². The lowest BCUT2D eigenvalue weighted by atomic mass is 10.0. The highest BCUT2D eigenvalue weighted by Crippen LogP contribution is 2.30. The molecule has 0 saturated carbocycles. The molecule has 0 fully saturated rings. The van der Waals surface area contributed by atoms with E-state index in [1.165, 1.54) is 21.5 Å². The lowest BCUT2D eigenvalue weighted by Gasteiger charge is -2.10. The molecule has 0 aliphatic rings. The van der Waals surface area contributed by atoms with E-state index in [1.54, 1.807) is 12.1 Å². The van der Waals surface area contributed by atoms with E-state index in [4.69, 9.17) is 0 Å². The number of aromatic nitrogens is 2. The van der Waals surface area contributed by atoms with Crippen LogP contribution in [0.25, 0.3) is 38.5 Å². The highest BCUT2D eigenvalue weighted by molar-refractivity contribution is 7.92. The van der Waals surface area contributed by atoms with Crippen LogP contribution in [0.5, 0.6) is 0 Å². The first-order valence-electron chi connectivity index (χ1n) is 9.94. The second-order valence-corrected chi connectivity index (χ2v) is 9.51. The third kappa shape index (κ3) is 3.90. The van der Waals surface area contributed by atoms with Gasteiger partial charge in [0.1, 0.15) is 0 Å². The van der Waals surface area contributed by atoms with Gasteiger partial charge in [0, 0.05) is 11.3 Å². The summed E-state index contributed by atoms with van der Waals surface area (Å²) in [5.74, 6) is 0. The maximum Gasteiger partial charge on any atom is 0.229 e. The Hall–Kier alpha value is -3.64. The summed E-state index contributed by atoms with van der Waals surface area (Å²) in [6.07, 6.45) is 1.14. The summed E-state index contributed by atoms with van der Waals surface area (Å²) < 4.78 is 27.3. The molecule has 1 aromatic heterocycles. The molecule has 4 aromatic carbocycles. The molecule has 5 aromatic rings. The van der Waals surface area contributed by atoms with Crippen molar-refractivity contribution in [2.45, 2.75) is 6.92 Å². The summed E-state index contributed by atoms with van der Waals surface area (Å²) in [7, 11) is -3.31. The van der Waals surface area contributed by atoms with Crippen molar-refractivity contribution in [2.24, 2.45) is 0 Å². The van der Waals surface area contributed by atoms with Gasteiger partial charge in [-0.3, -0.25) is 4.72 Å². The van der Waals surface area contributed by atoms with Gasteiger partial charge >= 0.3 is 0 Å². The monoisotopic (exact) mass is 427 g/mol. The predicted octanol–water partition coefficient (Wildman–Crippen LogP) is 5.53. The molecule has 154 valence electrons. The van der Waals surface area contributed by atoms with Crippen LogP contribution in [0.4, 0.5) is 5.69 Å². The Morgan fingerprint density at radius 2 is 1.42 bits per heavy atom. The largest absolute Gasteiger partial charge is 0.284 e. The van der Waals surface area contributed by atoms with Gasteiger partial charge in [-0.15, -0.1) is 0 Å². The Balaban J connectivity index is 1.58. The quantitative estimate of drug-likeness (QED) is 0.384. The molecular formula is C25H21N3O2S. The summed E-state index contributed by atoms with van der Waals surface area (Å²) in [4.78, 5) is 0. The predicted molar refractivity (Wildman–Crippen MR) is 127 cm³/mol. The SMILES string of the molecule is Cc1cc(-c2ccc3cc4ccccc4cc3c2)n(-c2ccc(NS(C)(=O)=O)cc2)n1. The molecule has 0 unspecified atom stereocenters. The van der Waals surface area contributed by atoms with Crippen molar-refractivity contribution in [3.8, 4) is 16.9 Å². The number of rotatable bonds is 4. The van der Waals surface area contributed by atoms with Crippen molar-refractivity contribution in [1.82, 2.24) is 9.78 Å². The lowest BCUT2D eigenvalue weighted by Crippen LogP contribution is -2.09. The molecular weight excluding hydrogens is 406 g/mol. The first-order valence-corrected chi connectivity index (χ1v) is 11.8. The van der Waals surface area contributed by atoms with Gasteiger partial charge in [-0.1, -0.05) is 36.4 Å². The Morgan fingerprint density at radius 1 is 0.774 bits per heavy atom. The van der Waals surface area contributed by atoms with Gasteiger partial charge in [-0.05, 0) is 77.0 Å². The standard InChI is InChI=1S/C25H21N3O2S/c1-17-13-25(28(26-17)24-11-9-23(10-12-24)27-31(2,29)30)21-8-7-20-14-18-5-3-4-6-19(18)15-22(20)16-21/h3-16,27H,1-2H3. The van der Waals surface area contributed by atoms with E-state index in [0.717, 1.165) is 28.9 Å². The summed E-state index contributed by atoms with van der Waals surface area (Å²) in [6.45, 7) is 1.97. The fourth-order valence-corrected chi connectivity index (χ4v) is 4.45. The number of hydrogen-bond donors (Lipinski definition) is 1. The molecule has 0 saturated heterocycles. The Bertz CT molecular complexity index is 1530. The molecule has 6 heteroatoms. The third-order valence-corrected chi connectivity index (χ3v) is 5.85. The number of benzene rings is 4. The molecule has 0 radical (unpaired) electrons. The first-order chi connectivity index (χ1) is 14.9. The van der Waals surface area contributed by atoms with Crippen LogP contribution in [-0.2, 0) is 10.0 Å². The zero-order valence-electron chi connectivity index (χ0n) is 17.2. The van der Waals surface area contributed by atoms with Crippen molar-refractivity contribution in [2.75, 3.05) is 11.0 Å². The summed E-state index contributed by atoms with van der Waals surface area (Å²) >= 11 is 0. The number of fused-ring (bicyclic) bond motifs is 2. The van der Waals surface area contributed by atoms with Crippen LogP contribution in [0, 0.1) is 6.92 Å².